The Kier molecular flexibility index (Phi) is 4.18. The van der Waals surface area contributed by atoms with Gasteiger partial charge in [0, 0.05) is 6.07 Å². The van der Waals surface area contributed by atoms with Gasteiger partial charge in [0.2, 0.25) is 0 Å². The number of halogens is 1. The summed E-state index contributed by atoms with van der Waals surface area (Å²) in [5.41, 5.74) is 0.134. The number of nitrogens with zero attached hydrogens (tertiary/aromatic N) is 1. The number of alkyl carbamates (subject to hydrolysis) is 1. The third-order valence-corrected chi connectivity index (χ3v) is 1.82. The molecule has 5 nitrogen and oxygen atoms in total. The van der Waals surface area contributed by atoms with Crippen LogP contribution in [0.3, 0.4) is 0 Å². The molecule has 1 aromatic heterocycles. The van der Waals surface area contributed by atoms with Gasteiger partial charge < -0.3 is 14.6 Å². The first-order chi connectivity index (χ1) is 7.40. The lowest BCUT2D eigenvalue weighted by Gasteiger charge is -2.19. The van der Waals surface area contributed by atoms with Crippen molar-refractivity contribution in [3.63, 3.8) is 0 Å². The average Bonchev–Trinajstić information content (AvgIpc) is 2.59. The highest BCUT2D eigenvalue weighted by atomic mass is 35.5. The molecule has 0 aliphatic heterocycles. The Balaban J connectivity index is 2.37. The average molecular weight is 247 g/mol. The number of hydrogen-bond acceptors (Lipinski definition) is 4. The molecule has 0 spiro atoms. The first-order valence-corrected chi connectivity index (χ1v) is 5.41. The van der Waals surface area contributed by atoms with Crippen LogP contribution in [0.1, 0.15) is 32.2 Å². The quantitative estimate of drug-likeness (QED) is 0.832. The lowest BCUT2D eigenvalue weighted by atomic mass is 10.2. The summed E-state index contributed by atoms with van der Waals surface area (Å²) in [4.78, 5) is 11.3. The van der Waals surface area contributed by atoms with Crippen LogP contribution in [-0.4, -0.2) is 16.9 Å². The molecule has 0 aromatic carbocycles. The molecule has 0 aliphatic rings. The predicted molar refractivity (Wildman–Crippen MR) is 59.1 cm³/mol. The fraction of sp³-hybridized carbons (Fsp3) is 0.600. The summed E-state index contributed by atoms with van der Waals surface area (Å²) in [6.07, 6.45) is -0.490. The van der Waals surface area contributed by atoms with Crippen LogP contribution in [0.15, 0.2) is 10.6 Å². The largest absolute Gasteiger partial charge is 0.444 e. The van der Waals surface area contributed by atoms with Crippen LogP contribution < -0.4 is 5.32 Å². The van der Waals surface area contributed by atoms with E-state index in [0.29, 0.717) is 11.5 Å². The van der Waals surface area contributed by atoms with Gasteiger partial charge in [0.15, 0.2) is 5.76 Å². The van der Waals surface area contributed by atoms with E-state index in [1.54, 1.807) is 26.8 Å². The van der Waals surface area contributed by atoms with Crippen LogP contribution in [0.5, 0.6) is 0 Å². The topological polar surface area (TPSA) is 64.4 Å². The first-order valence-electron chi connectivity index (χ1n) is 4.88. The standard InChI is InChI=1S/C10H15ClN2O3/c1-10(2,3)15-9(14)12-6-8-4-7(5-11)13-16-8/h4H,5-6H2,1-3H3,(H,12,14). The number of carbonyl (C=O) groups is 1. The first kappa shape index (κ1) is 12.8. The van der Waals surface area contributed by atoms with Crippen molar-refractivity contribution in [2.45, 2.75) is 38.8 Å². The van der Waals surface area contributed by atoms with Gasteiger partial charge in [-0.2, -0.15) is 0 Å². The van der Waals surface area contributed by atoms with Crippen LogP contribution in [-0.2, 0) is 17.2 Å². The lowest BCUT2D eigenvalue weighted by Crippen LogP contribution is -2.32. The third-order valence-electron chi connectivity index (χ3n) is 1.55. The summed E-state index contributed by atoms with van der Waals surface area (Å²) in [6, 6.07) is 1.68. The van der Waals surface area contributed by atoms with Crippen molar-refractivity contribution >= 4 is 17.7 Å². The molecule has 6 heteroatoms. The third kappa shape index (κ3) is 4.53. The Hall–Kier alpha value is -1.23. The summed E-state index contributed by atoms with van der Waals surface area (Å²) in [5.74, 6) is 0.831. The minimum atomic E-state index is -0.507. The van der Waals surface area contributed by atoms with Gasteiger partial charge in [-0.15, -0.1) is 11.6 Å². The van der Waals surface area contributed by atoms with Crippen molar-refractivity contribution in [3.8, 4) is 0 Å². The summed E-state index contributed by atoms with van der Waals surface area (Å²) in [7, 11) is 0. The molecule has 1 amide bonds. The number of amides is 1. The van der Waals surface area contributed by atoms with Crippen LogP contribution >= 0.6 is 11.6 Å². The van der Waals surface area contributed by atoms with Gasteiger partial charge in [-0.25, -0.2) is 4.79 Å². The molecule has 0 radical (unpaired) electrons. The van der Waals surface area contributed by atoms with E-state index < -0.39 is 11.7 Å². The highest BCUT2D eigenvalue weighted by molar-refractivity contribution is 6.16. The van der Waals surface area contributed by atoms with Crippen molar-refractivity contribution in [1.82, 2.24) is 10.5 Å². The maximum Gasteiger partial charge on any atom is 0.408 e. The van der Waals surface area contributed by atoms with E-state index in [4.69, 9.17) is 20.9 Å². The number of rotatable bonds is 3. The minimum absolute atomic E-state index is 0.235. The second kappa shape index (κ2) is 5.21. The van der Waals surface area contributed by atoms with E-state index in [1.165, 1.54) is 0 Å². The molecule has 0 fully saturated rings. The van der Waals surface area contributed by atoms with E-state index in [2.05, 4.69) is 10.5 Å². The number of hydrogen-bond donors (Lipinski definition) is 1. The summed E-state index contributed by atoms with van der Waals surface area (Å²) in [5, 5.41) is 6.24. The molecule has 1 aromatic rings. The number of alkyl halides is 1. The fourth-order valence-electron chi connectivity index (χ4n) is 0.976. The maximum atomic E-state index is 11.3. The molecule has 0 saturated carbocycles. The van der Waals surface area contributed by atoms with E-state index in [1.807, 2.05) is 0 Å². The predicted octanol–water partition coefficient (Wildman–Crippen LogP) is 2.44. The second-order valence-corrected chi connectivity index (χ2v) is 4.54. The van der Waals surface area contributed by atoms with Crippen molar-refractivity contribution in [3.05, 3.63) is 17.5 Å². The van der Waals surface area contributed by atoms with Crippen LogP contribution in [0.25, 0.3) is 0 Å². The van der Waals surface area contributed by atoms with Gasteiger partial charge in [-0.05, 0) is 20.8 Å². The van der Waals surface area contributed by atoms with E-state index >= 15 is 0 Å². The van der Waals surface area contributed by atoms with Gasteiger partial charge in [0.25, 0.3) is 0 Å². The zero-order valence-electron chi connectivity index (χ0n) is 9.54. The highest BCUT2D eigenvalue weighted by Crippen LogP contribution is 2.08. The molecule has 0 unspecified atom stereocenters. The van der Waals surface area contributed by atoms with Gasteiger partial charge >= 0.3 is 6.09 Å². The fourth-order valence-corrected chi connectivity index (χ4v) is 1.10. The normalized spacial score (nSPS) is 11.2. The molecule has 0 atom stereocenters. The highest BCUT2D eigenvalue weighted by Gasteiger charge is 2.16. The van der Waals surface area contributed by atoms with E-state index in [-0.39, 0.29) is 12.4 Å². The molecular formula is C10H15ClN2O3. The molecule has 0 bridgehead atoms. The molecule has 16 heavy (non-hydrogen) atoms. The van der Waals surface area contributed by atoms with Gasteiger partial charge in [0.05, 0.1) is 18.1 Å². The molecule has 1 rings (SSSR count). The number of aromatic nitrogens is 1. The van der Waals surface area contributed by atoms with Gasteiger partial charge in [-0.1, -0.05) is 5.16 Å². The number of nitrogens with one attached hydrogen (secondary N) is 1. The number of carbonyl (C=O) groups excluding carboxylic acids is 1. The summed E-state index contributed by atoms with van der Waals surface area (Å²) >= 11 is 5.56. The van der Waals surface area contributed by atoms with Crippen molar-refractivity contribution < 1.29 is 14.1 Å². The lowest BCUT2D eigenvalue weighted by molar-refractivity contribution is 0.0519. The summed E-state index contributed by atoms with van der Waals surface area (Å²) in [6.45, 7) is 5.63. The molecule has 90 valence electrons. The molecule has 1 heterocycles. The van der Waals surface area contributed by atoms with Crippen molar-refractivity contribution in [2.75, 3.05) is 0 Å². The summed E-state index contributed by atoms with van der Waals surface area (Å²) < 4.78 is 9.99. The smallest absolute Gasteiger partial charge is 0.408 e. The Morgan fingerprint density at radius 3 is 2.81 bits per heavy atom. The Morgan fingerprint density at radius 2 is 2.31 bits per heavy atom. The molecule has 0 aliphatic carbocycles. The number of ether oxygens (including phenoxy) is 1. The van der Waals surface area contributed by atoms with E-state index in [0.717, 1.165) is 0 Å². The Morgan fingerprint density at radius 1 is 1.62 bits per heavy atom. The molecule has 0 saturated heterocycles. The van der Waals surface area contributed by atoms with Gasteiger partial charge in [-0.3, -0.25) is 0 Å². The Labute approximate surface area is 99.1 Å². The molecular weight excluding hydrogens is 232 g/mol. The Bertz CT molecular complexity index is 357. The monoisotopic (exact) mass is 246 g/mol. The molecule has 1 N–H and O–H groups in total. The van der Waals surface area contributed by atoms with E-state index in [9.17, 15) is 4.79 Å². The minimum Gasteiger partial charge on any atom is -0.444 e. The van der Waals surface area contributed by atoms with Crippen molar-refractivity contribution in [1.29, 1.82) is 0 Å². The zero-order chi connectivity index (χ0) is 12.2. The second-order valence-electron chi connectivity index (χ2n) is 4.27. The SMILES string of the molecule is CC(C)(C)OC(=O)NCc1cc(CCl)no1. The van der Waals surface area contributed by atoms with Crippen molar-refractivity contribution in [2.24, 2.45) is 0 Å². The van der Waals surface area contributed by atoms with Gasteiger partial charge in [0.1, 0.15) is 5.60 Å². The van der Waals surface area contributed by atoms with Crippen LogP contribution in [0.4, 0.5) is 4.79 Å². The van der Waals surface area contributed by atoms with Crippen LogP contribution in [0.2, 0.25) is 0 Å². The maximum absolute atomic E-state index is 11.3. The zero-order valence-corrected chi connectivity index (χ0v) is 10.3. The van der Waals surface area contributed by atoms with Crippen LogP contribution in [0, 0.1) is 0 Å².